The second-order valence-electron chi connectivity index (χ2n) is 8.59. The number of rotatable bonds is 6. The van der Waals surface area contributed by atoms with Crippen LogP contribution in [0.2, 0.25) is 0 Å². The second-order valence-corrected chi connectivity index (χ2v) is 9.51. The minimum absolute atomic E-state index is 0.142. The molecule has 0 unspecified atom stereocenters. The zero-order valence-corrected chi connectivity index (χ0v) is 20.5. The summed E-state index contributed by atoms with van der Waals surface area (Å²) in [5, 5.41) is 15.2. The molecule has 0 fully saturated rings. The molecule has 0 aliphatic carbocycles. The van der Waals surface area contributed by atoms with Gasteiger partial charge in [-0.1, -0.05) is 54.0 Å². The number of benzene rings is 2. The van der Waals surface area contributed by atoms with Crippen molar-refractivity contribution in [2.45, 2.75) is 66.1 Å². The van der Waals surface area contributed by atoms with E-state index in [1.165, 1.54) is 39.2 Å². The van der Waals surface area contributed by atoms with Crippen molar-refractivity contribution in [1.82, 2.24) is 14.7 Å². The first-order valence-corrected chi connectivity index (χ1v) is 12.0. The fraction of sp³-hybridized carbons (Fsp3) is 0.423. The highest BCUT2D eigenvalue weighted by Crippen LogP contribution is 2.31. The molecule has 4 nitrogen and oxygen atoms in total. The molecule has 0 saturated heterocycles. The van der Waals surface area contributed by atoms with Crippen LogP contribution in [0.4, 0.5) is 0 Å². The molecule has 1 aliphatic heterocycles. The van der Waals surface area contributed by atoms with Crippen LogP contribution in [0.25, 0.3) is 5.69 Å². The number of aliphatic hydroxyl groups excluding tert-OH is 1. The number of aryl methyl sites for hydroxylation is 3. The molecule has 0 radical (unpaired) electrons. The molecule has 4 rings (SSSR count). The topological polar surface area (TPSA) is 41.3 Å². The van der Waals surface area contributed by atoms with Gasteiger partial charge in [-0.25, -0.2) is 4.68 Å². The minimum atomic E-state index is 0.142. The lowest BCUT2D eigenvalue weighted by molar-refractivity contribution is 0.0991. The van der Waals surface area contributed by atoms with E-state index in [2.05, 4.69) is 89.6 Å². The van der Waals surface area contributed by atoms with Crippen molar-refractivity contribution in [1.29, 1.82) is 0 Å². The van der Waals surface area contributed by atoms with Crippen LogP contribution in [0.5, 0.6) is 0 Å². The number of aliphatic hydroxyl groups is 1. The lowest BCUT2D eigenvalue weighted by Gasteiger charge is -2.36. The van der Waals surface area contributed by atoms with Gasteiger partial charge in [0.15, 0.2) is 0 Å². The Balaban J connectivity index is 1.76. The molecule has 0 saturated carbocycles. The van der Waals surface area contributed by atoms with Gasteiger partial charge in [-0.15, -0.1) is 0 Å². The highest BCUT2D eigenvalue weighted by molar-refractivity contribution is 9.10. The van der Waals surface area contributed by atoms with E-state index in [0.29, 0.717) is 0 Å². The number of aromatic nitrogens is 2. The molecule has 0 bridgehead atoms. The summed E-state index contributed by atoms with van der Waals surface area (Å²) in [6.07, 6.45) is 2.72. The molecule has 1 aliphatic rings. The van der Waals surface area contributed by atoms with Crippen molar-refractivity contribution in [3.8, 4) is 5.69 Å². The Morgan fingerprint density at radius 2 is 1.74 bits per heavy atom. The van der Waals surface area contributed by atoms with Crippen molar-refractivity contribution in [2.24, 2.45) is 0 Å². The molecular formula is C26H32BrN3O. The van der Waals surface area contributed by atoms with Crippen molar-refractivity contribution in [3.05, 3.63) is 80.1 Å². The molecule has 5 heteroatoms. The molecule has 2 heterocycles. The Bertz CT molecular complexity index is 1070. The number of halogens is 1. The standard InChI is InChI=1S/C26H32BrN3O/c1-5-24-23(15-29-14-20-10-8-7-9-19(20)13-22(29)16-31)25(6-2)30(28-24)26-17(3)11-21(27)12-18(26)4/h7-12,22,31H,5-6,13-16H2,1-4H3/t22-/m1/s1. The molecular weight excluding hydrogens is 450 g/mol. The summed E-state index contributed by atoms with van der Waals surface area (Å²) in [7, 11) is 0. The summed E-state index contributed by atoms with van der Waals surface area (Å²) >= 11 is 3.62. The summed E-state index contributed by atoms with van der Waals surface area (Å²) < 4.78 is 3.28. The molecule has 164 valence electrons. The Kier molecular flexibility index (Phi) is 6.65. The second kappa shape index (κ2) is 9.27. The van der Waals surface area contributed by atoms with Crippen molar-refractivity contribution < 1.29 is 5.11 Å². The SMILES string of the molecule is CCc1nn(-c2c(C)cc(Br)cc2C)c(CC)c1CN1Cc2ccccc2C[C@@H]1CO. The fourth-order valence-corrected chi connectivity index (χ4v) is 5.68. The molecule has 3 aromatic rings. The van der Waals surface area contributed by atoms with Gasteiger partial charge in [0.05, 0.1) is 18.0 Å². The number of fused-ring (bicyclic) bond motifs is 1. The molecule has 0 amide bonds. The average Bonchev–Trinajstić information content (AvgIpc) is 3.09. The molecule has 0 spiro atoms. The smallest absolute Gasteiger partial charge is 0.0708 e. The monoisotopic (exact) mass is 481 g/mol. The largest absolute Gasteiger partial charge is 0.395 e. The lowest BCUT2D eigenvalue weighted by Crippen LogP contribution is -2.42. The molecule has 1 aromatic heterocycles. The Hall–Kier alpha value is -1.95. The third-order valence-electron chi connectivity index (χ3n) is 6.55. The Morgan fingerprint density at radius 1 is 1.06 bits per heavy atom. The maximum atomic E-state index is 10.1. The van der Waals surface area contributed by atoms with E-state index >= 15 is 0 Å². The minimum Gasteiger partial charge on any atom is -0.395 e. The predicted octanol–water partition coefficient (Wildman–Crippen LogP) is 5.30. The Morgan fingerprint density at radius 3 is 2.35 bits per heavy atom. The van der Waals surface area contributed by atoms with Gasteiger partial charge in [0, 0.05) is 34.9 Å². The van der Waals surface area contributed by atoms with E-state index in [-0.39, 0.29) is 12.6 Å². The molecule has 31 heavy (non-hydrogen) atoms. The Labute approximate surface area is 194 Å². The van der Waals surface area contributed by atoms with Crippen LogP contribution in [-0.2, 0) is 32.4 Å². The number of nitrogens with zero attached hydrogens (tertiary/aromatic N) is 3. The van der Waals surface area contributed by atoms with Crippen LogP contribution in [0.1, 0.15) is 53.1 Å². The number of hydrogen-bond acceptors (Lipinski definition) is 3. The summed E-state index contributed by atoms with van der Waals surface area (Å²) in [4.78, 5) is 2.43. The lowest BCUT2D eigenvalue weighted by atomic mass is 9.93. The average molecular weight is 482 g/mol. The van der Waals surface area contributed by atoms with Crippen LogP contribution in [-0.4, -0.2) is 32.4 Å². The summed E-state index contributed by atoms with van der Waals surface area (Å²) in [6, 6.07) is 13.1. The van der Waals surface area contributed by atoms with E-state index in [1.807, 2.05) is 0 Å². The third-order valence-corrected chi connectivity index (χ3v) is 7.00. The predicted molar refractivity (Wildman–Crippen MR) is 130 cm³/mol. The summed E-state index contributed by atoms with van der Waals surface area (Å²) in [5.74, 6) is 0. The van der Waals surface area contributed by atoms with Gasteiger partial charge in [-0.2, -0.15) is 5.10 Å². The molecule has 1 N–H and O–H groups in total. The maximum absolute atomic E-state index is 10.1. The van der Waals surface area contributed by atoms with Gasteiger partial charge in [0.2, 0.25) is 0 Å². The zero-order chi connectivity index (χ0) is 22.1. The van der Waals surface area contributed by atoms with Crippen LogP contribution in [0.15, 0.2) is 40.9 Å². The van der Waals surface area contributed by atoms with Crippen molar-refractivity contribution in [2.75, 3.05) is 6.61 Å². The van der Waals surface area contributed by atoms with Gasteiger partial charge < -0.3 is 5.11 Å². The fourth-order valence-electron chi connectivity index (χ4n) is 5.00. The van der Waals surface area contributed by atoms with Gasteiger partial charge in [-0.05, 0) is 67.5 Å². The quantitative estimate of drug-likeness (QED) is 0.519. The van der Waals surface area contributed by atoms with E-state index < -0.39 is 0 Å². The first-order valence-electron chi connectivity index (χ1n) is 11.2. The van der Waals surface area contributed by atoms with Crippen LogP contribution < -0.4 is 0 Å². The van der Waals surface area contributed by atoms with E-state index in [9.17, 15) is 5.11 Å². The van der Waals surface area contributed by atoms with E-state index in [4.69, 9.17) is 5.10 Å². The summed E-state index contributed by atoms with van der Waals surface area (Å²) in [5.41, 5.74) is 10.1. The third kappa shape index (κ3) is 4.23. The van der Waals surface area contributed by atoms with E-state index in [0.717, 1.165) is 42.5 Å². The van der Waals surface area contributed by atoms with E-state index in [1.54, 1.807) is 0 Å². The van der Waals surface area contributed by atoms with Crippen LogP contribution in [0.3, 0.4) is 0 Å². The maximum Gasteiger partial charge on any atom is 0.0708 e. The number of hydrogen-bond donors (Lipinski definition) is 1. The first kappa shape index (κ1) is 22.3. The van der Waals surface area contributed by atoms with Crippen molar-refractivity contribution in [3.63, 3.8) is 0 Å². The normalized spacial score (nSPS) is 16.5. The van der Waals surface area contributed by atoms with Crippen LogP contribution in [0, 0.1) is 13.8 Å². The molecule has 2 aromatic carbocycles. The van der Waals surface area contributed by atoms with Crippen LogP contribution >= 0.6 is 15.9 Å². The van der Waals surface area contributed by atoms with Gasteiger partial charge in [-0.3, -0.25) is 4.90 Å². The first-order chi connectivity index (χ1) is 15.0. The van der Waals surface area contributed by atoms with Gasteiger partial charge in [0.1, 0.15) is 0 Å². The van der Waals surface area contributed by atoms with Crippen molar-refractivity contribution >= 4 is 15.9 Å². The molecule has 1 atom stereocenters. The highest BCUT2D eigenvalue weighted by atomic mass is 79.9. The summed E-state index contributed by atoms with van der Waals surface area (Å²) in [6.45, 7) is 10.6. The zero-order valence-electron chi connectivity index (χ0n) is 19.0. The highest BCUT2D eigenvalue weighted by Gasteiger charge is 2.28. The van der Waals surface area contributed by atoms with Gasteiger partial charge >= 0.3 is 0 Å². The van der Waals surface area contributed by atoms with Gasteiger partial charge in [0.25, 0.3) is 0 Å².